The van der Waals surface area contributed by atoms with Crippen LogP contribution in [0.25, 0.3) is 0 Å². The number of amides is 3. The van der Waals surface area contributed by atoms with Crippen LogP contribution < -0.4 is 16.0 Å². The number of carbonyl (C=O) groups is 2. The van der Waals surface area contributed by atoms with Crippen LogP contribution in [0.5, 0.6) is 0 Å². The molecule has 2 heterocycles. The van der Waals surface area contributed by atoms with Gasteiger partial charge in [-0.05, 0) is 6.42 Å². The highest BCUT2D eigenvalue weighted by molar-refractivity contribution is 6.20. The van der Waals surface area contributed by atoms with Crippen molar-refractivity contribution in [3.05, 3.63) is 0 Å². The van der Waals surface area contributed by atoms with Crippen LogP contribution in [-0.4, -0.2) is 41.2 Å². The van der Waals surface area contributed by atoms with Gasteiger partial charge in [-0.1, -0.05) is 31.4 Å². The fourth-order valence-electron chi connectivity index (χ4n) is 2.19. The fourth-order valence-corrected chi connectivity index (χ4v) is 2.45. The quantitative estimate of drug-likeness (QED) is 0.382. The van der Waals surface area contributed by atoms with Crippen LogP contribution in [0.4, 0.5) is 4.79 Å². The number of rotatable bonds is 4. The van der Waals surface area contributed by atoms with E-state index in [1.165, 1.54) is 0 Å². The maximum Gasteiger partial charge on any atom is 0.325 e. The van der Waals surface area contributed by atoms with Gasteiger partial charge in [-0.25, -0.2) is 4.79 Å². The molecule has 0 spiro atoms. The standard InChI is InChI=1S/C10H17ClN4O2/c1-2-3-4-5-15-7-6(12-9(11)13-7)8(16)14-10(15)17/h6-7,9,12-13H,2-5H2,1H3,(H,14,16,17). The fraction of sp³-hybridized carbons (Fsp3) is 0.800. The molecule has 0 aromatic heterocycles. The molecule has 2 saturated heterocycles. The molecule has 6 nitrogen and oxygen atoms in total. The Morgan fingerprint density at radius 2 is 2.06 bits per heavy atom. The van der Waals surface area contributed by atoms with Crippen LogP contribution in [0.3, 0.4) is 0 Å². The van der Waals surface area contributed by atoms with E-state index in [0.29, 0.717) is 6.54 Å². The van der Waals surface area contributed by atoms with Crippen molar-refractivity contribution >= 4 is 23.5 Å². The van der Waals surface area contributed by atoms with Gasteiger partial charge in [-0.3, -0.25) is 20.7 Å². The molecule has 96 valence electrons. The normalized spacial score (nSPS) is 32.6. The first kappa shape index (κ1) is 12.6. The van der Waals surface area contributed by atoms with Crippen LogP contribution in [-0.2, 0) is 4.79 Å². The van der Waals surface area contributed by atoms with Crippen LogP contribution >= 0.6 is 11.6 Å². The van der Waals surface area contributed by atoms with Gasteiger partial charge in [0.15, 0.2) is 0 Å². The highest BCUT2D eigenvalue weighted by Crippen LogP contribution is 2.17. The maximum absolute atomic E-state index is 11.7. The molecular weight excluding hydrogens is 244 g/mol. The Labute approximate surface area is 105 Å². The Hall–Kier alpha value is -0.850. The average Bonchev–Trinajstić information content (AvgIpc) is 2.65. The van der Waals surface area contributed by atoms with E-state index in [-0.39, 0.29) is 18.1 Å². The minimum absolute atomic E-state index is 0.317. The number of carbonyl (C=O) groups excluding carboxylic acids is 2. The van der Waals surface area contributed by atoms with Crippen molar-refractivity contribution in [3.8, 4) is 0 Å². The largest absolute Gasteiger partial charge is 0.325 e. The summed E-state index contributed by atoms with van der Waals surface area (Å²) in [5, 5.41) is 8.22. The third-order valence-electron chi connectivity index (χ3n) is 3.07. The van der Waals surface area contributed by atoms with Crippen molar-refractivity contribution in [1.82, 2.24) is 20.9 Å². The second-order valence-corrected chi connectivity index (χ2v) is 4.75. The summed E-state index contributed by atoms with van der Waals surface area (Å²) < 4.78 is 0. The van der Waals surface area contributed by atoms with Gasteiger partial charge >= 0.3 is 6.03 Å². The zero-order chi connectivity index (χ0) is 12.4. The molecule has 0 bridgehead atoms. The van der Waals surface area contributed by atoms with Gasteiger partial charge in [0.2, 0.25) is 5.91 Å². The first-order chi connectivity index (χ1) is 8.13. The number of hydrogen-bond donors (Lipinski definition) is 3. The molecule has 2 aliphatic rings. The Bertz CT molecular complexity index is 325. The van der Waals surface area contributed by atoms with Crippen LogP contribution in [0.2, 0.25) is 0 Å². The zero-order valence-corrected chi connectivity index (χ0v) is 10.5. The molecule has 0 aliphatic carbocycles. The van der Waals surface area contributed by atoms with E-state index in [1.54, 1.807) is 4.90 Å². The molecular formula is C10H17ClN4O2. The van der Waals surface area contributed by atoms with E-state index in [2.05, 4.69) is 22.9 Å². The number of unbranched alkanes of at least 4 members (excludes halogenated alkanes) is 2. The van der Waals surface area contributed by atoms with E-state index in [4.69, 9.17) is 11.6 Å². The highest BCUT2D eigenvalue weighted by Gasteiger charge is 2.46. The summed E-state index contributed by atoms with van der Waals surface area (Å²) in [5.41, 5.74) is -0.477. The van der Waals surface area contributed by atoms with E-state index >= 15 is 0 Å². The Kier molecular flexibility index (Phi) is 3.86. The minimum Gasteiger partial charge on any atom is -0.307 e. The number of nitrogens with one attached hydrogen (secondary N) is 3. The van der Waals surface area contributed by atoms with Gasteiger partial charge in [0.25, 0.3) is 0 Å². The van der Waals surface area contributed by atoms with Crippen LogP contribution in [0.15, 0.2) is 0 Å². The molecule has 2 rings (SSSR count). The number of imide groups is 1. The van der Waals surface area contributed by atoms with Crippen molar-refractivity contribution < 1.29 is 9.59 Å². The number of halogens is 1. The topological polar surface area (TPSA) is 73.5 Å². The molecule has 2 fully saturated rings. The van der Waals surface area contributed by atoms with Gasteiger partial charge in [0, 0.05) is 6.54 Å². The Balaban J connectivity index is 2.03. The smallest absolute Gasteiger partial charge is 0.307 e. The van der Waals surface area contributed by atoms with Crippen molar-refractivity contribution in [2.45, 2.75) is 44.0 Å². The summed E-state index contributed by atoms with van der Waals surface area (Å²) in [4.78, 5) is 25.0. The predicted octanol–water partition coefficient (Wildman–Crippen LogP) is 0.138. The SMILES string of the molecule is CCCCCN1C(=O)NC(=O)C2NC(Cl)NC21. The third-order valence-corrected chi connectivity index (χ3v) is 3.32. The monoisotopic (exact) mass is 260 g/mol. The molecule has 7 heteroatoms. The molecule has 0 saturated carbocycles. The third kappa shape index (κ3) is 2.53. The number of alkyl halides is 1. The van der Waals surface area contributed by atoms with Crippen molar-refractivity contribution in [3.63, 3.8) is 0 Å². The van der Waals surface area contributed by atoms with E-state index in [9.17, 15) is 9.59 Å². The lowest BCUT2D eigenvalue weighted by Crippen LogP contribution is -2.65. The molecule has 0 radical (unpaired) electrons. The summed E-state index contributed by atoms with van der Waals surface area (Å²) in [6, 6.07) is -0.802. The van der Waals surface area contributed by atoms with E-state index in [1.807, 2.05) is 0 Å². The molecule has 3 amide bonds. The summed E-state index contributed by atoms with van der Waals surface area (Å²) in [6.45, 7) is 2.74. The first-order valence-corrected chi connectivity index (χ1v) is 6.34. The molecule has 3 unspecified atom stereocenters. The molecule has 0 aromatic rings. The molecule has 3 N–H and O–H groups in total. The average molecular weight is 261 g/mol. The lowest BCUT2D eigenvalue weighted by Gasteiger charge is -2.35. The number of hydrogen-bond acceptors (Lipinski definition) is 4. The highest BCUT2D eigenvalue weighted by atomic mass is 35.5. The van der Waals surface area contributed by atoms with Crippen LogP contribution in [0.1, 0.15) is 26.2 Å². The van der Waals surface area contributed by atoms with Crippen LogP contribution in [0, 0.1) is 0 Å². The summed E-state index contributed by atoms with van der Waals surface area (Å²) >= 11 is 5.89. The number of nitrogens with zero attached hydrogens (tertiary/aromatic N) is 1. The van der Waals surface area contributed by atoms with Gasteiger partial charge in [0.1, 0.15) is 17.8 Å². The molecule has 0 aromatic carbocycles. The molecule has 17 heavy (non-hydrogen) atoms. The Morgan fingerprint density at radius 1 is 1.29 bits per heavy atom. The van der Waals surface area contributed by atoms with Crippen molar-refractivity contribution in [2.24, 2.45) is 0 Å². The van der Waals surface area contributed by atoms with Gasteiger partial charge in [0.05, 0.1) is 0 Å². The lowest BCUT2D eigenvalue weighted by molar-refractivity contribution is -0.124. The van der Waals surface area contributed by atoms with Gasteiger partial charge in [-0.15, -0.1) is 0 Å². The van der Waals surface area contributed by atoms with Crippen molar-refractivity contribution in [1.29, 1.82) is 0 Å². The molecule has 2 aliphatic heterocycles. The second-order valence-electron chi connectivity index (χ2n) is 4.31. The maximum atomic E-state index is 11.7. The van der Waals surface area contributed by atoms with E-state index in [0.717, 1.165) is 19.3 Å². The van der Waals surface area contributed by atoms with Crippen molar-refractivity contribution in [2.75, 3.05) is 6.54 Å². The van der Waals surface area contributed by atoms with Gasteiger partial charge < -0.3 is 4.90 Å². The minimum atomic E-state index is -0.477. The lowest BCUT2D eigenvalue weighted by atomic mass is 10.1. The predicted molar refractivity (Wildman–Crippen MR) is 63.3 cm³/mol. The summed E-state index contributed by atoms with van der Waals surface area (Å²) in [6.07, 6.45) is 2.74. The first-order valence-electron chi connectivity index (χ1n) is 5.91. The summed E-state index contributed by atoms with van der Waals surface area (Å²) in [7, 11) is 0. The summed E-state index contributed by atoms with van der Waals surface area (Å²) in [5.74, 6) is -0.317. The van der Waals surface area contributed by atoms with Gasteiger partial charge in [-0.2, -0.15) is 0 Å². The zero-order valence-electron chi connectivity index (χ0n) is 9.70. The Morgan fingerprint density at radius 3 is 2.76 bits per heavy atom. The number of urea groups is 1. The van der Waals surface area contributed by atoms with E-state index < -0.39 is 11.7 Å². The molecule has 3 atom stereocenters. The second kappa shape index (κ2) is 5.20. The number of fused-ring (bicyclic) bond motifs is 1.